The van der Waals surface area contributed by atoms with Gasteiger partial charge in [-0.3, -0.25) is 20.4 Å². The van der Waals surface area contributed by atoms with Crippen molar-refractivity contribution >= 4 is 23.4 Å². The number of ether oxygens (including phenoxy) is 3. The minimum atomic E-state index is -0.503. The van der Waals surface area contributed by atoms with Gasteiger partial charge < -0.3 is 14.2 Å². The van der Waals surface area contributed by atoms with Crippen molar-refractivity contribution in [3.05, 3.63) is 58.1 Å². The predicted molar refractivity (Wildman–Crippen MR) is 106 cm³/mol. The number of benzene rings is 2. The first kappa shape index (κ1) is 21.5. The highest BCUT2D eigenvalue weighted by molar-refractivity contribution is 6.32. The maximum absolute atomic E-state index is 12.3. The van der Waals surface area contributed by atoms with E-state index >= 15 is 0 Å². The van der Waals surface area contributed by atoms with Crippen LogP contribution in [0.3, 0.4) is 0 Å². The molecule has 7 nitrogen and oxygen atoms in total. The standard InChI is InChI=1S/C20H23ClN2O5/c1-13-10-15(11-14(2)19(13)21)28-12-18(24)22-23-20(25)16-6-4-5-7-17(16)27-9-8-26-3/h4-7,10-11H,8-9,12H2,1-3H3,(H,22,24)(H,23,25). The first-order valence-electron chi connectivity index (χ1n) is 8.62. The molecule has 0 fully saturated rings. The average Bonchev–Trinajstić information content (AvgIpc) is 2.69. The number of rotatable bonds is 8. The minimum absolute atomic E-state index is 0.257. The third-order valence-electron chi connectivity index (χ3n) is 3.77. The predicted octanol–water partition coefficient (Wildman–Crippen LogP) is 2.82. The number of hydrogen-bond acceptors (Lipinski definition) is 5. The topological polar surface area (TPSA) is 85.9 Å². The molecule has 0 aliphatic rings. The van der Waals surface area contributed by atoms with E-state index < -0.39 is 11.8 Å². The van der Waals surface area contributed by atoms with Crippen molar-refractivity contribution in [2.45, 2.75) is 13.8 Å². The lowest BCUT2D eigenvalue weighted by Crippen LogP contribution is -2.44. The van der Waals surface area contributed by atoms with Gasteiger partial charge in [0.25, 0.3) is 11.8 Å². The van der Waals surface area contributed by atoms with Gasteiger partial charge in [0.1, 0.15) is 18.1 Å². The summed E-state index contributed by atoms with van der Waals surface area (Å²) in [5.74, 6) is -0.0802. The molecule has 0 unspecified atom stereocenters. The summed E-state index contributed by atoms with van der Waals surface area (Å²) in [5, 5.41) is 0.662. The van der Waals surface area contributed by atoms with Crippen LogP contribution < -0.4 is 20.3 Å². The summed E-state index contributed by atoms with van der Waals surface area (Å²) in [6.07, 6.45) is 0. The van der Waals surface area contributed by atoms with Crippen molar-refractivity contribution in [1.82, 2.24) is 10.9 Å². The fourth-order valence-corrected chi connectivity index (χ4v) is 2.49. The fraction of sp³-hybridized carbons (Fsp3) is 0.300. The molecule has 0 atom stereocenters. The molecule has 0 saturated heterocycles. The monoisotopic (exact) mass is 406 g/mol. The lowest BCUT2D eigenvalue weighted by molar-refractivity contribution is -0.123. The molecule has 2 rings (SSSR count). The van der Waals surface area contributed by atoms with Crippen LogP contribution >= 0.6 is 11.6 Å². The second-order valence-corrected chi connectivity index (χ2v) is 6.38. The van der Waals surface area contributed by atoms with Gasteiger partial charge in [-0.15, -0.1) is 0 Å². The molecule has 0 bridgehead atoms. The number of nitrogens with one attached hydrogen (secondary N) is 2. The van der Waals surface area contributed by atoms with Crippen molar-refractivity contribution in [2.24, 2.45) is 0 Å². The van der Waals surface area contributed by atoms with Crippen LogP contribution in [0.4, 0.5) is 0 Å². The molecule has 150 valence electrons. The maximum atomic E-state index is 12.3. The van der Waals surface area contributed by atoms with E-state index in [1.54, 1.807) is 43.5 Å². The SMILES string of the molecule is COCCOc1ccccc1C(=O)NNC(=O)COc1cc(C)c(Cl)c(C)c1. The molecule has 2 aromatic rings. The first-order chi connectivity index (χ1) is 13.4. The van der Waals surface area contributed by atoms with Crippen molar-refractivity contribution < 1.29 is 23.8 Å². The van der Waals surface area contributed by atoms with Gasteiger partial charge in [0.05, 0.1) is 12.2 Å². The molecule has 0 spiro atoms. The first-order valence-corrected chi connectivity index (χ1v) is 8.99. The van der Waals surface area contributed by atoms with E-state index in [9.17, 15) is 9.59 Å². The normalized spacial score (nSPS) is 10.3. The molecular weight excluding hydrogens is 384 g/mol. The van der Waals surface area contributed by atoms with E-state index in [1.165, 1.54) is 0 Å². The zero-order valence-corrected chi connectivity index (χ0v) is 16.8. The quantitative estimate of drug-likeness (QED) is 0.520. The summed E-state index contributed by atoms with van der Waals surface area (Å²) in [6.45, 7) is 4.16. The van der Waals surface area contributed by atoms with Crippen molar-refractivity contribution in [3.8, 4) is 11.5 Å². The summed E-state index contributed by atoms with van der Waals surface area (Å²) < 4.78 is 15.9. The van der Waals surface area contributed by atoms with Crippen LogP contribution in [0.1, 0.15) is 21.5 Å². The highest BCUT2D eigenvalue weighted by atomic mass is 35.5. The van der Waals surface area contributed by atoms with E-state index in [2.05, 4.69) is 10.9 Å². The van der Waals surface area contributed by atoms with Crippen LogP contribution in [0, 0.1) is 13.8 Å². The Morgan fingerprint density at radius 3 is 2.36 bits per heavy atom. The third-order valence-corrected chi connectivity index (χ3v) is 4.37. The molecule has 0 aliphatic carbocycles. The summed E-state index contributed by atoms with van der Waals surface area (Å²) in [4.78, 5) is 24.3. The van der Waals surface area contributed by atoms with Crippen molar-refractivity contribution in [2.75, 3.05) is 26.9 Å². The number of hydrogen-bond donors (Lipinski definition) is 2. The Morgan fingerprint density at radius 2 is 1.68 bits per heavy atom. The third kappa shape index (κ3) is 6.14. The average molecular weight is 407 g/mol. The largest absolute Gasteiger partial charge is 0.490 e. The lowest BCUT2D eigenvalue weighted by atomic mass is 10.1. The number of para-hydroxylation sites is 1. The Morgan fingerprint density at radius 1 is 1.00 bits per heavy atom. The van der Waals surface area contributed by atoms with Gasteiger partial charge in [-0.25, -0.2) is 0 Å². The minimum Gasteiger partial charge on any atom is -0.490 e. The van der Waals surface area contributed by atoms with Crippen LogP contribution in [0.25, 0.3) is 0 Å². The van der Waals surface area contributed by atoms with Gasteiger partial charge >= 0.3 is 0 Å². The highest BCUT2D eigenvalue weighted by Crippen LogP contribution is 2.25. The van der Waals surface area contributed by atoms with Gasteiger partial charge in [-0.2, -0.15) is 0 Å². The summed E-state index contributed by atoms with van der Waals surface area (Å²) in [6, 6.07) is 10.2. The second kappa shape index (κ2) is 10.5. The van der Waals surface area contributed by atoms with Gasteiger partial charge in [0, 0.05) is 12.1 Å². The zero-order valence-electron chi connectivity index (χ0n) is 16.0. The number of halogens is 1. The van der Waals surface area contributed by atoms with E-state index in [0.717, 1.165) is 11.1 Å². The smallest absolute Gasteiger partial charge is 0.276 e. The van der Waals surface area contributed by atoms with Gasteiger partial charge in [-0.05, 0) is 49.2 Å². The Bertz CT molecular complexity index is 818. The number of aryl methyl sites for hydroxylation is 2. The number of carbonyl (C=O) groups is 2. The van der Waals surface area contributed by atoms with Gasteiger partial charge in [-0.1, -0.05) is 23.7 Å². The van der Waals surface area contributed by atoms with E-state index in [-0.39, 0.29) is 6.61 Å². The molecule has 8 heteroatoms. The Hall–Kier alpha value is -2.77. The molecule has 0 saturated carbocycles. The van der Waals surface area contributed by atoms with Gasteiger partial charge in [0.15, 0.2) is 6.61 Å². The molecule has 0 aliphatic heterocycles. The molecule has 0 heterocycles. The van der Waals surface area contributed by atoms with E-state index in [1.807, 2.05) is 13.8 Å². The molecule has 0 aromatic heterocycles. The van der Waals surface area contributed by atoms with Crippen LogP contribution in [-0.4, -0.2) is 38.7 Å². The Balaban J connectivity index is 1.87. The Labute approximate surface area is 168 Å². The summed E-state index contributed by atoms with van der Waals surface area (Å²) in [5.41, 5.74) is 6.67. The molecular formula is C20H23ClN2O5. The fourth-order valence-electron chi connectivity index (χ4n) is 2.38. The van der Waals surface area contributed by atoms with Gasteiger partial charge in [0.2, 0.25) is 0 Å². The summed E-state index contributed by atoms with van der Waals surface area (Å²) in [7, 11) is 1.56. The van der Waals surface area contributed by atoms with Crippen molar-refractivity contribution in [3.63, 3.8) is 0 Å². The number of carbonyl (C=O) groups excluding carboxylic acids is 2. The van der Waals surface area contributed by atoms with Crippen LogP contribution in [-0.2, 0) is 9.53 Å². The molecule has 2 aromatic carbocycles. The van der Waals surface area contributed by atoms with Crippen LogP contribution in [0.5, 0.6) is 11.5 Å². The number of methoxy groups -OCH3 is 1. The zero-order chi connectivity index (χ0) is 20.5. The number of hydrazine groups is 1. The van der Waals surface area contributed by atoms with Crippen LogP contribution in [0.2, 0.25) is 5.02 Å². The summed E-state index contributed by atoms with van der Waals surface area (Å²) >= 11 is 6.11. The lowest BCUT2D eigenvalue weighted by Gasteiger charge is -2.13. The molecule has 2 N–H and O–H groups in total. The molecule has 2 amide bonds. The molecule has 28 heavy (non-hydrogen) atoms. The van der Waals surface area contributed by atoms with E-state index in [4.69, 9.17) is 25.8 Å². The maximum Gasteiger partial charge on any atom is 0.276 e. The number of amides is 2. The highest BCUT2D eigenvalue weighted by Gasteiger charge is 2.13. The second-order valence-electron chi connectivity index (χ2n) is 6.00. The van der Waals surface area contributed by atoms with Crippen molar-refractivity contribution in [1.29, 1.82) is 0 Å². The molecule has 0 radical (unpaired) electrons. The van der Waals surface area contributed by atoms with E-state index in [0.29, 0.717) is 35.3 Å². The van der Waals surface area contributed by atoms with Crippen LogP contribution in [0.15, 0.2) is 36.4 Å². The Kier molecular flexibility index (Phi) is 8.10.